The molecule has 9 nitrogen and oxygen atoms in total. The van der Waals surface area contributed by atoms with Crippen LogP contribution in [0.25, 0.3) is 0 Å². The van der Waals surface area contributed by atoms with Crippen molar-refractivity contribution in [1.29, 1.82) is 0 Å². The van der Waals surface area contributed by atoms with Crippen molar-refractivity contribution < 1.29 is 37.5 Å². The lowest BCUT2D eigenvalue weighted by Gasteiger charge is -2.50. The number of carbonyl (C=O) groups excluding carboxylic acids is 4. The Morgan fingerprint density at radius 2 is 1.47 bits per heavy atom. The predicted molar refractivity (Wildman–Crippen MR) is 198 cm³/mol. The normalized spacial score (nSPS) is 26.2. The number of aromatic nitrogens is 1. The maximum atomic E-state index is 15.3. The molecule has 55 heavy (non-hydrogen) atoms. The number of nitrogens with zero attached hydrogens (tertiary/aromatic N) is 3. The lowest BCUT2D eigenvalue weighted by atomic mass is 9.49. The van der Waals surface area contributed by atoms with Gasteiger partial charge in [0.2, 0.25) is 11.8 Å². The Morgan fingerprint density at radius 1 is 0.855 bits per heavy atom. The van der Waals surface area contributed by atoms with Gasteiger partial charge >= 0.3 is 6.18 Å². The highest BCUT2D eigenvalue weighted by molar-refractivity contribution is 6.33. The van der Waals surface area contributed by atoms with E-state index in [4.69, 9.17) is 34.8 Å². The number of alkyl halides is 3. The number of benzene rings is 3. The molecule has 3 heterocycles. The van der Waals surface area contributed by atoms with Crippen LogP contribution in [0.1, 0.15) is 46.6 Å². The molecule has 3 aromatic carbocycles. The summed E-state index contributed by atoms with van der Waals surface area (Å²) in [5.74, 6) is -7.06. The molecular formula is C40H30Cl3F3N4O5. The van der Waals surface area contributed by atoms with Crippen molar-refractivity contribution in [2.24, 2.45) is 23.7 Å². The molecule has 0 spiro atoms. The molecule has 2 saturated heterocycles. The lowest BCUT2D eigenvalue weighted by Crippen LogP contribution is -2.53. The van der Waals surface area contributed by atoms with E-state index in [1.54, 1.807) is 74.5 Å². The zero-order chi connectivity index (χ0) is 39.3. The van der Waals surface area contributed by atoms with Crippen LogP contribution in [0.4, 0.5) is 24.7 Å². The molecule has 15 heteroatoms. The molecule has 8 rings (SSSR count). The fraction of sp³-hybridized carbons (Fsp3) is 0.275. The van der Waals surface area contributed by atoms with Crippen molar-refractivity contribution in [3.63, 3.8) is 0 Å². The number of amides is 4. The summed E-state index contributed by atoms with van der Waals surface area (Å²) < 4.78 is 40.5. The Labute approximate surface area is 327 Å². The zero-order valence-electron chi connectivity index (χ0n) is 29.0. The molecule has 4 aliphatic rings. The Bertz CT molecular complexity index is 2330. The second-order valence-corrected chi connectivity index (χ2v) is 15.7. The van der Waals surface area contributed by atoms with Gasteiger partial charge in [0.15, 0.2) is 5.82 Å². The van der Waals surface area contributed by atoms with Gasteiger partial charge in [-0.15, -0.1) is 0 Å². The van der Waals surface area contributed by atoms with Crippen molar-refractivity contribution in [2.45, 2.75) is 44.2 Å². The first-order valence-electron chi connectivity index (χ1n) is 17.3. The number of carbonyl (C=O) groups is 4. The minimum atomic E-state index is -4.75. The van der Waals surface area contributed by atoms with Gasteiger partial charge in [-0.2, -0.15) is 18.2 Å². The van der Waals surface area contributed by atoms with E-state index >= 15 is 4.79 Å². The number of imide groups is 2. The van der Waals surface area contributed by atoms with Crippen molar-refractivity contribution in [3.8, 4) is 5.75 Å². The minimum Gasteiger partial charge on any atom is -0.507 e. The van der Waals surface area contributed by atoms with Gasteiger partial charge in [0.05, 0.1) is 39.4 Å². The number of fused-ring (bicyclic) bond motifs is 4. The molecule has 0 bridgehead atoms. The summed E-state index contributed by atoms with van der Waals surface area (Å²) in [6.45, 7) is 3.42. The van der Waals surface area contributed by atoms with Crippen LogP contribution in [-0.2, 0) is 30.8 Å². The molecule has 6 atom stereocenters. The smallest absolute Gasteiger partial charge is 0.417 e. The van der Waals surface area contributed by atoms with Gasteiger partial charge < -0.3 is 5.11 Å². The molecule has 4 aromatic rings. The molecular weight excluding hydrogens is 780 g/mol. The van der Waals surface area contributed by atoms with Gasteiger partial charge in [0.1, 0.15) is 5.75 Å². The third kappa shape index (κ3) is 5.63. The molecule has 2 aliphatic heterocycles. The van der Waals surface area contributed by atoms with E-state index in [0.29, 0.717) is 55.8 Å². The standard InChI is InChI=1S/C40H30Cl3F3N4O5/c1-18-13-20(14-19(2)33(18)51)32-26-11-12-27-31(37(54)49(35(27)52)25-9-7-24(42)8-10-25)28(26)16-29-36(53)50(38(55)39(29,32)21-3-5-23(41)6-4-21)48-34-30(43)15-22(17-47-34)40(44,45)46/h3-11,13-15,17,27-29,31-32,51H,12,16H2,1-2H3,(H,47,48). The number of nitrogens with one attached hydrogen (secondary N) is 1. The average Bonchev–Trinajstić information content (AvgIpc) is 3.52. The second kappa shape index (κ2) is 13.1. The third-order valence-corrected chi connectivity index (χ3v) is 12.3. The van der Waals surface area contributed by atoms with E-state index in [1.807, 2.05) is 6.08 Å². The van der Waals surface area contributed by atoms with Crippen molar-refractivity contribution in [1.82, 2.24) is 9.99 Å². The molecule has 4 amide bonds. The van der Waals surface area contributed by atoms with Crippen LogP contribution in [0.2, 0.25) is 15.1 Å². The minimum absolute atomic E-state index is 0.0351. The van der Waals surface area contributed by atoms with E-state index in [-0.39, 0.29) is 24.4 Å². The van der Waals surface area contributed by atoms with Crippen molar-refractivity contribution >= 4 is 69.9 Å². The molecule has 282 valence electrons. The SMILES string of the molecule is Cc1cc(C2C3=CCC4C(=O)N(c5ccc(Cl)cc5)C(=O)C4C3CC3C(=O)N(Nc4ncc(C(F)(F)F)cc4Cl)C(=O)C32c2ccc(Cl)cc2)cc(C)c1O. The highest BCUT2D eigenvalue weighted by Crippen LogP contribution is 2.64. The average molecular weight is 810 g/mol. The van der Waals surface area contributed by atoms with Gasteiger partial charge in [0.25, 0.3) is 11.8 Å². The van der Waals surface area contributed by atoms with Crippen molar-refractivity contribution in [3.05, 3.63) is 127 Å². The molecule has 1 saturated carbocycles. The summed E-state index contributed by atoms with van der Waals surface area (Å²) in [6.07, 6.45) is -2.18. The van der Waals surface area contributed by atoms with Crippen LogP contribution in [-0.4, -0.2) is 38.7 Å². The predicted octanol–water partition coefficient (Wildman–Crippen LogP) is 8.57. The summed E-state index contributed by atoms with van der Waals surface area (Å²) in [7, 11) is 0. The lowest BCUT2D eigenvalue weighted by molar-refractivity contribution is -0.139. The number of allylic oxidation sites excluding steroid dienone is 2. The van der Waals surface area contributed by atoms with Crippen molar-refractivity contribution in [2.75, 3.05) is 10.3 Å². The number of anilines is 2. The monoisotopic (exact) mass is 808 g/mol. The van der Waals surface area contributed by atoms with Crippen LogP contribution in [0.3, 0.4) is 0 Å². The number of pyridine rings is 1. The van der Waals surface area contributed by atoms with Crippen LogP contribution in [0.5, 0.6) is 5.75 Å². The van der Waals surface area contributed by atoms with E-state index in [0.717, 1.165) is 9.91 Å². The van der Waals surface area contributed by atoms with E-state index < -0.39 is 75.4 Å². The fourth-order valence-corrected chi connectivity index (χ4v) is 9.62. The van der Waals surface area contributed by atoms with Gasteiger partial charge in [-0.3, -0.25) is 29.5 Å². The molecule has 1 aromatic heterocycles. The quantitative estimate of drug-likeness (QED) is 0.153. The topological polar surface area (TPSA) is 120 Å². The summed E-state index contributed by atoms with van der Waals surface area (Å²) in [5.41, 5.74) is 2.81. The Balaban J connectivity index is 1.32. The first-order valence-corrected chi connectivity index (χ1v) is 18.4. The number of hydrogen-bond donors (Lipinski definition) is 2. The van der Waals surface area contributed by atoms with Gasteiger partial charge in [0, 0.05) is 22.2 Å². The summed E-state index contributed by atoms with van der Waals surface area (Å²) in [6, 6.07) is 16.9. The highest BCUT2D eigenvalue weighted by Gasteiger charge is 2.70. The van der Waals surface area contributed by atoms with E-state index in [9.17, 15) is 32.7 Å². The second-order valence-electron chi connectivity index (χ2n) is 14.4. The Hall–Kier alpha value is -4.91. The first kappa shape index (κ1) is 37.0. The number of hydrogen-bond acceptors (Lipinski definition) is 7. The maximum absolute atomic E-state index is 15.3. The van der Waals surface area contributed by atoms with Gasteiger partial charge in [-0.05, 0) is 97.3 Å². The largest absolute Gasteiger partial charge is 0.507 e. The Morgan fingerprint density at radius 3 is 2.07 bits per heavy atom. The maximum Gasteiger partial charge on any atom is 0.417 e. The molecule has 3 fully saturated rings. The van der Waals surface area contributed by atoms with E-state index in [2.05, 4.69) is 10.4 Å². The van der Waals surface area contributed by atoms with Crippen LogP contribution in [0, 0.1) is 37.5 Å². The number of rotatable bonds is 5. The molecule has 0 radical (unpaired) electrons. The number of hydrazine groups is 1. The first-order chi connectivity index (χ1) is 26.0. The van der Waals surface area contributed by atoms with Crippen LogP contribution >= 0.6 is 34.8 Å². The molecule has 2 N–H and O–H groups in total. The molecule has 2 aliphatic carbocycles. The van der Waals surface area contributed by atoms with Gasteiger partial charge in [-0.1, -0.05) is 70.7 Å². The molecule has 6 unspecified atom stereocenters. The zero-order valence-corrected chi connectivity index (χ0v) is 31.3. The number of halogens is 6. The summed E-state index contributed by atoms with van der Waals surface area (Å²) >= 11 is 18.7. The van der Waals surface area contributed by atoms with Crippen LogP contribution in [0.15, 0.2) is 84.6 Å². The number of phenolic OH excluding ortho intramolecular Hbond substituents is 1. The number of aryl methyl sites for hydroxylation is 2. The number of aromatic hydroxyl groups is 1. The highest BCUT2D eigenvalue weighted by atomic mass is 35.5. The summed E-state index contributed by atoms with van der Waals surface area (Å²) in [4.78, 5) is 63.7. The van der Waals surface area contributed by atoms with E-state index in [1.165, 1.54) is 0 Å². The Kier molecular flexibility index (Phi) is 8.82. The van der Waals surface area contributed by atoms with Gasteiger partial charge in [-0.25, -0.2) is 4.98 Å². The summed E-state index contributed by atoms with van der Waals surface area (Å²) in [5, 5.41) is 11.9. The fourth-order valence-electron chi connectivity index (χ4n) is 9.16. The van der Waals surface area contributed by atoms with Crippen LogP contribution < -0.4 is 10.3 Å². The third-order valence-electron chi connectivity index (χ3n) is 11.5. The number of phenols is 1.